The number of benzene rings is 3. The van der Waals surface area contributed by atoms with Crippen molar-refractivity contribution in [2.24, 2.45) is 0 Å². The van der Waals surface area contributed by atoms with Crippen LogP contribution in [0.2, 0.25) is 0 Å². The Balaban J connectivity index is 1.62. The Morgan fingerprint density at radius 1 is 0.893 bits per heavy atom. The highest BCUT2D eigenvalue weighted by Gasteiger charge is 2.35. The van der Waals surface area contributed by atoms with Crippen molar-refractivity contribution < 1.29 is 13.2 Å². The van der Waals surface area contributed by atoms with Crippen molar-refractivity contribution in [3.05, 3.63) is 83.9 Å². The molecule has 1 heterocycles. The second-order valence-corrected chi connectivity index (χ2v) is 8.56. The first kappa shape index (κ1) is 18.3. The predicted octanol–water partition coefficient (Wildman–Crippen LogP) is 3.49. The van der Waals surface area contributed by atoms with E-state index < -0.39 is 10.0 Å². The minimum Gasteiger partial charge on any atom is -0.350 e. The molecule has 1 amide bonds. The lowest BCUT2D eigenvalue weighted by molar-refractivity contribution is -0.119. The summed E-state index contributed by atoms with van der Waals surface area (Å²) in [5.74, 6) is -0.346. The molecule has 1 aliphatic heterocycles. The Kier molecular flexibility index (Phi) is 4.65. The number of aryl methyl sites for hydroxylation is 1. The van der Waals surface area contributed by atoms with Gasteiger partial charge in [-0.15, -0.1) is 0 Å². The van der Waals surface area contributed by atoms with Gasteiger partial charge in [0.25, 0.3) is 10.0 Å². The monoisotopic (exact) mass is 392 g/mol. The van der Waals surface area contributed by atoms with Crippen LogP contribution in [0.4, 0.5) is 5.69 Å². The van der Waals surface area contributed by atoms with Crippen LogP contribution in [0.15, 0.2) is 77.7 Å². The highest BCUT2D eigenvalue weighted by molar-refractivity contribution is 7.93. The summed E-state index contributed by atoms with van der Waals surface area (Å²) in [7, 11) is -3.81. The van der Waals surface area contributed by atoms with E-state index >= 15 is 0 Å². The highest BCUT2D eigenvalue weighted by Crippen LogP contribution is 2.42. The Morgan fingerprint density at radius 3 is 2.32 bits per heavy atom. The lowest BCUT2D eigenvalue weighted by Crippen LogP contribution is -2.42. The van der Waals surface area contributed by atoms with E-state index in [1.54, 1.807) is 30.3 Å². The van der Waals surface area contributed by atoms with Gasteiger partial charge in [0.2, 0.25) is 5.91 Å². The number of carbonyl (C=O) groups is 1. The molecule has 3 aromatic carbocycles. The van der Waals surface area contributed by atoms with Crippen molar-refractivity contribution in [1.82, 2.24) is 5.32 Å². The molecular weight excluding hydrogens is 372 g/mol. The maximum Gasteiger partial charge on any atom is 0.265 e. The Labute approximate surface area is 164 Å². The van der Waals surface area contributed by atoms with Crippen LogP contribution in [-0.2, 0) is 21.4 Å². The lowest BCUT2D eigenvalue weighted by Gasteiger charge is -2.31. The summed E-state index contributed by atoms with van der Waals surface area (Å²) < 4.78 is 27.5. The van der Waals surface area contributed by atoms with E-state index in [0.717, 1.165) is 16.7 Å². The molecule has 142 valence electrons. The maximum atomic E-state index is 13.2. The molecule has 4 rings (SSSR count). The lowest BCUT2D eigenvalue weighted by atomic mass is 10.0. The molecule has 0 aromatic heterocycles. The summed E-state index contributed by atoms with van der Waals surface area (Å²) in [4.78, 5) is 12.8. The molecule has 0 radical (unpaired) electrons. The topological polar surface area (TPSA) is 66.5 Å². The fourth-order valence-electron chi connectivity index (χ4n) is 3.44. The van der Waals surface area contributed by atoms with Gasteiger partial charge >= 0.3 is 0 Å². The number of rotatable bonds is 4. The summed E-state index contributed by atoms with van der Waals surface area (Å²) in [6.07, 6.45) is 0. The van der Waals surface area contributed by atoms with Gasteiger partial charge in [0.1, 0.15) is 6.54 Å². The van der Waals surface area contributed by atoms with Crippen LogP contribution in [-0.4, -0.2) is 20.9 Å². The van der Waals surface area contributed by atoms with Crippen molar-refractivity contribution in [2.45, 2.75) is 18.4 Å². The van der Waals surface area contributed by atoms with Crippen molar-refractivity contribution >= 4 is 21.6 Å². The van der Waals surface area contributed by atoms with E-state index in [9.17, 15) is 13.2 Å². The largest absolute Gasteiger partial charge is 0.350 e. The highest BCUT2D eigenvalue weighted by atomic mass is 32.2. The summed E-state index contributed by atoms with van der Waals surface area (Å²) in [6.45, 7) is 2.07. The van der Waals surface area contributed by atoms with Gasteiger partial charge in [0.05, 0.1) is 10.6 Å². The first-order valence-electron chi connectivity index (χ1n) is 9.01. The summed E-state index contributed by atoms with van der Waals surface area (Å²) in [5.41, 5.74) is 4.07. The third kappa shape index (κ3) is 3.16. The van der Waals surface area contributed by atoms with Crippen molar-refractivity contribution in [3.63, 3.8) is 0 Å². The van der Waals surface area contributed by atoms with Crippen LogP contribution in [0.1, 0.15) is 11.1 Å². The SMILES string of the molecule is Cc1ccccc1CNC(=O)CN1c2ccccc2-c2ccccc2S1(=O)=O. The van der Waals surface area contributed by atoms with Gasteiger partial charge in [-0.05, 0) is 30.2 Å². The smallest absolute Gasteiger partial charge is 0.265 e. The molecule has 0 bridgehead atoms. The molecule has 5 nitrogen and oxygen atoms in total. The molecule has 0 atom stereocenters. The van der Waals surface area contributed by atoms with Crippen LogP contribution in [0.25, 0.3) is 11.1 Å². The number of amides is 1. The number of nitrogens with zero attached hydrogens (tertiary/aromatic N) is 1. The van der Waals surface area contributed by atoms with Gasteiger partial charge in [-0.1, -0.05) is 60.7 Å². The van der Waals surface area contributed by atoms with E-state index in [-0.39, 0.29) is 17.3 Å². The standard InChI is InChI=1S/C22H20N2O3S/c1-16-8-2-3-9-17(16)14-23-22(25)15-24-20-12-6-4-10-18(20)19-11-5-7-13-21(19)28(24,26)27/h2-13H,14-15H2,1H3,(H,23,25). The fraction of sp³-hybridized carbons (Fsp3) is 0.136. The van der Waals surface area contributed by atoms with Crippen molar-refractivity contribution in [3.8, 4) is 11.1 Å². The number of hydrogen-bond acceptors (Lipinski definition) is 3. The van der Waals surface area contributed by atoms with Gasteiger partial charge in [-0.3, -0.25) is 9.10 Å². The molecule has 0 saturated carbocycles. The second kappa shape index (κ2) is 7.13. The van der Waals surface area contributed by atoms with Crippen LogP contribution in [0.5, 0.6) is 0 Å². The van der Waals surface area contributed by atoms with E-state index in [1.165, 1.54) is 4.31 Å². The average Bonchev–Trinajstić information content (AvgIpc) is 2.71. The first-order chi connectivity index (χ1) is 13.5. The van der Waals surface area contributed by atoms with E-state index in [0.29, 0.717) is 17.8 Å². The molecular formula is C22H20N2O3S. The van der Waals surface area contributed by atoms with E-state index in [2.05, 4.69) is 5.32 Å². The van der Waals surface area contributed by atoms with Gasteiger partial charge in [0.15, 0.2) is 0 Å². The molecule has 0 aliphatic carbocycles. The Morgan fingerprint density at radius 2 is 1.54 bits per heavy atom. The molecule has 1 N–H and O–H groups in total. The normalized spacial score (nSPS) is 14.1. The molecule has 0 spiro atoms. The number of nitrogens with one attached hydrogen (secondary N) is 1. The third-order valence-corrected chi connectivity index (χ3v) is 6.76. The van der Waals surface area contributed by atoms with E-state index in [4.69, 9.17) is 0 Å². The van der Waals surface area contributed by atoms with Crippen LogP contribution >= 0.6 is 0 Å². The number of fused-ring (bicyclic) bond motifs is 3. The molecule has 0 saturated heterocycles. The van der Waals surface area contributed by atoms with Crippen molar-refractivity contribution in [2.75, 3.05) is 10.8 Å². The molecule has 6 heteroatoms. The zero-order valence-corrected chi connectivity index (χ0v) is 16.2. The summed E-state index contributed by atoms with van der Waals surface area (Å²) in [5, 5.41) is 2.83. The fourth-order valence-corrected chi connectivity index (χ4v) is 5.09. The molecule has 1 aliphatic rings. The zero-order valence-electron chi connectivity index (χ0n) is 15.4. The Bertz CT molecular complexity index is 1160. The molecule has 28 heavy (non-hydrogen) atoms. The maximum absolute atomic E-state index is 13.2. The van der Waals surface area contributed by atoms with E-state index in [1.807, 2.05) is 49.4 Å². The van der Waals surface area contributed by atoms with Crippen molar-refractivity contribution in [1.29, 1.82) is 0 Å². The number of carbonyl (C=O) groups excluding carboxylic acids is 1. The molecule has 0 unspecified atom stereocenters. The first-order valence-corrected chi connectivity index (χ1v) is 10.4. The Hall–Kier alpha value is -3.12. The minimum absolute atomic E-state index is 0.223. The van der Waals surface area contributed by atoms with Gasteiger partial charge in [-0.2, -0.15) is 0 Å². The van der Waals surface area contributed by atoms with Crippen LogP contribution in [0.3, 0.4) is 0 Å². The molecule has 3 aromatic rings. The third-order valence-electron chi connectivity index (χ3n) is 4.94. The summed E-state index contributed by atoms with van der Waals surface area (Å²) in [6, 6.07) is 21.9. The van der Waals surface area contributed by atoms with Gasteiger partial charge in [-0.25, -0.2) is 8.42 Å². The second-order valence-electron chi connectivity index (χ2n) is 6.73. The molecule has 0 fully saturated rings. The number of anilines is 1. The zero-order chi connectivity index (χ0) is 19.7. The van der Waals surface area contributed by atoms with Crippen LogP contribution in [0, 0.1) is 6.92 Å². The average molecular weight is 392 g/mol. The quantitative estimate of drug-likeness (QED) is 0.739. The number of sulfonamides is 1. The summed E-state index contributed by atoms with van der Waals surface area (Å²) >= 11 is 0. The minimum atomic E-state index is -3.81. The van der Waals surface area contributed by atoms with Gasteiger partial charge in [0, 0.05) is 17.7 Å². The number of hydrogen-bond donors (Lipinski definition) is 1. The predicted molar refractivity (Wildman–Crippen MR) is 109 cm³/mol. The number of para-hydroxylation sites is 1. The van der Waals surface area contributed by atoms with Gasteiger partial charge < -0.3 is 5.32 Å². The van der Waals surface area contributed by atoms with Crippen LogP contribution < -0.4 is 9.62 Å².